The summed E-state index contributed by atoms with van der Waals surface area (Å²) in [6.07, 6.45) is 9.93. The fourth-order valence-electron chi connectivity index (χ4n) is 4.98. The second kappa shape index (κ2) is 7.43. The van der Waals surface area contributed by atoms with Crippen LogP contribution in [0.3, 0.4) is 0 Å². The normalized spacial score (nSPS) is 39.1. The van der Waals surface area contributed by atoms with Crippen LogP contribution >= 0.6 is 0 Å². The van der Waals surface area contributed by atoms with Crippen LogP contribution in [-0.2, 0) is 0 Å². The summed E-state index contributed by atoms with van der Waals surface area (Å²) in [7, 11) is 2.33. The van der Waals surface area contributed by atoms with E-state index in [4.69, 9.17) is 0 Å². The molecule has 0 aromatic rings. The first-order valence-electron chi connectivity index (χ1n) is 9.38. The standard InChI is InChI=1S/C18H35N3/c1-15-5-3-7-17(13-15)19-9-12-21-11-8-18-16(14-21)6-4-10-20(18)2/h15-19H,3-14H2,1-2H3. The Morgan fingerprint density at radius 2 is 1.95 bits per heavy atom. The minimum atomic E-state index is 0.798. The Balaban J connectivity index is 1.36. The molecule has 0 bridgehead atoms. The highest BCUT2D eigenvalue weighted by molar-refractivity contribution is 4.89. The molecule has 0 aromatic heterocycles. The van der Waals surface area contributed by atoms with Gasteiger partial charge in [0.05, 0.1) is 0 Å². The number of piperidine rings is 2. The monoisotopic (exact) mass is 293 g/mol. The number of nitrogens with one attached hydrogen (secondary N) is 1. The summed E-state index contributed by atoms with van der Waals surface area (Å²) in [5.41, 5.74) is 0. The van der Waals surface area contributed by atoms with E-state index >= 15 is 0 Å². The van der Waals surface area contributed by atoms with Crippen LogP contribution in [0, 0.1) is 11.8 Å². The zero-order valence-corrected chi connectivity index (χ0v) is 14.2. The highest BCUT2D eigenvalue weighted by atomic mass is 15.2. The molecule has 4 unspecified atom stereocenters. The van der Waals surface area contributed by atoms with Gasteiger partial charge in [0, 0.05) is 31.7 Å². The average molecular weight is 293 g/mol. The lowest BCUT2D eigenvalue weighted by Crippen LogP contribution is -2.53. The van der Waals surface area contributed by atoms with Crippen LogP contribution in [0.5, 0.6) is 0 Å². The Morgan fingerprint density at radius 3 is 2.81 bits per heavy atom. The van der Waals surface area contributed by atoms with Gasteiger partial charge >= 0.3 is 0 Å². The van der Waals surface area contributed by atoms with E-state index < -0.39 is 0 Å². The Labute approximate surface area is 131 Å². The molecular formula is C18H35N3. The molecular weight excluding hydrogens is 258 g/mol. The molecule has 1 aliphatic carbocycles. The van der Waals surface area contributed by atoms with Crippen molar-refractivity contribution >= 4 is 0 Å². The number of likely N-dealkylation sites (tertiary alicyclic amines) is 2. The largest absolute Gasteiger partial charge is 0.313 e. The SMILES string of the molecule is CC1CCCC(NCCN2CCC3C(CCCN3C)C2)C1. The molecule has 0 spiro atoms. The van der Waals surface area contributed by atoms with Gasteiger partial charge in [0.15, 0.2) is 0 Å². The van der Waals surface area contributed by atoms with Gasteiger partial charge in [-0.25, -0.2) is 0 Å². The highest BCUT2D eigenvalue weighted by Gasteiger charge is 2.33. The van der Waals surface area contributed by atoms with E-state index in [2.05, 4.69) is 29.1 Å². The van der Waals surface area contributed by atoms with Gasteiger partial charge in [-0.05, 0) is 64.1 Å². The van der Waals surface area contributed by atoms with Crippen molar-refractivity contribution in [2.75, 3.05) is 39.8 Å². The molecule has 0 radical (unpaired) electrons. The van der Waals surface area contributed by atoms with Gasteiger partial charge in [0.2, 0.25) is 0 Å². The third-order valence-electron chi connectivity index (χ3n) is 6.23. The first-order valence-corrected chi connectivity index (χ1v) is 9.38. The van der Waals surface area contributed by atoms with Gasteiger partial charge in [-0.2, -0.15) is 0 Å². The fraction of sp³-hybridized carbons (Fsp3) is 1.00. The quantitative estimate of drug-likeness (QED) is 0.859. The summed E-state index contributed by atoms with van der Waals surface area (Å²) in [6, 6.07) is 1.68. The lowest BCUT2D eigenvalue weighted by atomic mass is 9.84. The van der Waals surface area contributed by atoms with E-state index in [-0.39, 0.29) is 0 Å². The molecule has 0 amide bonds. The number of hydrogen-bond acceptors (Lipinski definition) is 3. The van der Waals surface area contributed by atoms with Crippen molar-refractivity contribution in [1.82, 2.24) is 15.1 Å². The van der Waals surface area contributed by atoms with Crippen LogP contribution in [0.4, 0.5) is 0 Å². The van der Waals surface area contributed by atoms with Crippen LogP contribution < -0.4 is 5.32 Å². The Morgan fingerprint density at radius 1 is 1.05 bits per heavy atom. The summed E-state index contributed by atoms with van der Waals surface area (Å²) < 4.78 is 0. The Hall–Kier alpha value is -0.120. The predicted octanol–water partition coefficient (Wildman–Crippen LogP) is 2.57. The summed E-state index contributed by atoms with van der Waals surface area (Å²) in [6.45, 7) is 8.86. The molecule has 1 N–H and O–H groups in total. The minimum absolute atomic E-state index is 0.798. The van der Waals surface area contributed by atoms with Crippen molar-refractivity contribution in [3.63, 3.8) is 0 Å². The Kier molecular flexibility index (Phi) is 5.58. The van der Waals surface area contributed by atoms with Crippen molar-refractivity contribution in [2.45, 2.75) is 64.0 Å². The van der Waals surface area contributed by atoms with Gasteiger partial charge in [-0.3, -0.25) is 0 Å². The molecule has 0 aromatic carbocycles. The van der Waals surface area contributed by atoms with E-state index in [1.165, 1.54) is 77.7 Å². The lowest BCUT2D eigenvalue weighted by Gasteiger charge is -2.46. The zero-order valence-electron chi connectivity index (χ0n) is 14.2. The van der Waals surface area contributed by atoms with E-state index in [9.17, 15) is 0 Å². The number of hydrogen-bond donors (Lipinski definition) is 1. The molecule has 1 saturated carbocycles. The van der Waals surface area contributed by atoms with Gasteiger partial charge in [-0.15, -0.1) is 0 Å². The second-order valence-corrected chi connectivity index (χ2v) is 7.96. The number of nitrogens with zero attached hydrogens (tertiary/aromatic N) is 2. The smallest absolute Gasteiger partial charge is 0.0145 e. The van der Waals surface area contributed by atoms with Gasteiger partial charge in [0.1, 0.15) is 0 Å². The molecule has 2 saturated heterocycles. The third-order valence-corrected chi connectivity index (χ3v) is 6.23. The molecule has 21 heavy (non-hydrogen) atoms. The van der Waals surface area contributed by atoms with Crippen molar-refractivity contribution in [3.8, 4) is 0 Å². The van der Waals surface area contributed by atoms with Gasteiger partial charge in [0.25, 0.3) is 0 Å². The van der Waals surface area contributed by atoms with Crippen molar-refractivity contribution < 1.29 is 0 Å². The summed E-state index contributed by atoms with van der Waals surface area (Å²) >= 11 is 0. The average Bonchev–Trinajstić information content (AvgIpc) is 2.47. The number of fused-ring (bicyclic) bond motifs is 1. The van der Waals surface area contributed by atoms with E-state index in [0.29, 0.717) is 0 Å². The van der Waals surface area contributed by atoms with Gasteiger partial charge < -0.3 is 15.1 Å². The maximum Gasteiger partial charge on any atom is 0.0145 e. The van der Waals surface area contributed by atoms with Crippen LogP contribution in [0.25, 0.3) is 0 Å². The van der Waals surface area contributed by atoms with Crippen LogP contribution in [0.1, 0.15) is 51.9 Å². The van der Waals surface area contributed by atoms with Crippen LogP contribution in [0.2, 0.25) is 0 Å². The van der Waals surface area contributed by atoms with Crippen molar-refractivity contribution in [1.29, 1.82) is 0 Å². The molecule has 2 aliphatic heterocycles. The lowest BCUT2D eigenvalue weighted by molar-refractivity contribution is 0.0386. The van der Waals surface area contributed by atoms with E-state index in [1.807, 2.05) is 0 Å². The summed E-state index contributed by atoms with van der Waals surface area (Å²) in [5.74, 6) is 1.87. The molecule has 3 rings (SSSR count). The zero-order chi connectivity index (χ0) is 14.7. The molecule has 3 fully saturated rings. The molecule has 3 heteroatoms. The maximum atomic E-state index is 3.83. The fourth-order valence-corrected chi connectivity index (χ4v) is 4.98. The molecule has 3 aliphatic rings. The summed E-state index contributed by atoms with van der Waals surface area (Å²) in [4.78, 5) is 5.34. The van der Waals surface area contributed by atoms with Crippen molar-refractivity contribution in [2.24, 2.45) is 11.8 Å². The summed E-state index contributed by atoms with van der Waals surface area (Å²) in [5, 5.41) is 3.83. The topological polar surface area (TPSA) is 18.5 Å². The number of rotatable bonds is 4. The molecule has 2 heterocycles. The van der Waals surface area contributed by atoms with E-state index in [1.54, 1.807) is 0 Å². The van der Waals surface area contributed by atoms with Crippen LogP contribution in [0.15, 0.2) is 0 Å². The van der Waals surface area contributed by atoms with Gasteiger partial charge in [-0.1, -0.05) is 19.8 Å². The maximum absolute atomic E-state index is 3.83. The van der Waals surface area contributed by atoms with Crippen molar-refractivity contribution in [3.05, 3.63) is 0 Å². The minimum Gasteiger partial charge on any atom is -0.313 e. The molecule has 3 nitrogen and oxygen atoms in total. The van der Waals surface area contributed by atoms with E-state index in [0.717, 1.165) is 23.9 Å². The second-order valence-electron chi connectivity index (χ2n) is 7.96. The Bertz CT molecular complexity index is 320. The third kappa shape index (κ3) is 4.20. The highest BCUT2D eigenvalue weighted by Crippen LogP contribution is 2.29. The van der Waals surface area contributed by atoms with Crippen LogP contribution in [-0.4, -0.2) is 61.7 Å². The first kappa shape index (κ1) is 15.8. The molecule has 4 atom stereocenters. The first-order chi connectivity index (χ1) is 10.2. The predicted molar refractivity (Wildman–Crippen MR) is 89.6 cm³/mol. The molecule has 122 valence electrons.